The molecule has 132 valence electrons. The van der Waals surface area contributed by atoms with Crippen molar-refractivity contribution in [2.75, 3.05) is 5.32 Å². The maximum Gasteiger partial charge on any atom is 0.224 e. The highest BCUT2D eigenvalue weighted by Gasteiger charge is 2.15. The normalized spacial score (nSPS) is 11.3. The Morgan fingerprint density at radius 2 is 2.04 bits per heavy atom. The SMILES string of the molecule is Cc1nc2c3ccccc3nn2c(C)c1CCC(=O)Nc1cnn(C)c1. The minimum atomic E-state index is -0.0393. The van der Waals surface area contributed by atoms with E-state index in [1.165, 1.54) is 0 Å². The molecule has 0 aliphatic carbocycles. The third kappa shape index (κ3) is 2.81. The highest BCUT2D eigenvalue weighted by Crippen LogP contribution is 2.23. The zero-order valence-electron chi connectivity index (χ0n) is 15.0. The van der Waals surface area contributed by atoms with Gasteiger partial charge in [-0.2, -0.15) is 10.2 Å². The van der Waals surface area contributed by atoms with Crippen LogP contribution >= 0.6 is 0 Å². The second-order valence-electron chi connectivity index (χ2n) is 6.46. The molecule has 4 aromatic rings. The van der Waals surface area contributed by atoms with Crippen molar-refractivity contribution in [2.45, 2.75) is 26.7 Å². The van der Waals surface area contributed by atoms with Crippen LogP contribution in [0, 0.1) is 13.8 Å². The van der Waals surface area contributed by atoms with Crippen LogP contribution in [0.25, 0.3) is 16.6 Å². The van der Waals surface area contributed by atoms with Crippen molar-refractivity contribution in [3.8, 4) is 0 Å². The number of aromatic nitrogens is 5. The summed E-state index contributed by atoms with van der Waals surface area (Å²) < 4.78 is 3.54. The van der Waals surface area contributed by atoms with Gasteiger partial charge in [-0.15, -0.1) is 0 Å². The summed E-state index contributed by atoms with van der Waals surface area (Å²) in [5.74, 6) is -0.0393. The maximum absolute atomic E-state index is 12.2. The van der Waals surface area contributed by atoms with Crippen LogP contribution < -0.4 is 5.32 Å². The van der Waals surface area contributed by atoms with Crippen LogP contribution in [0.3, 0.4) is 0 Å². The van der Waals surface area contributed by atoms with E-state index >= 15 is 0 Å². The third-order valence-corrected chi connectivity index (χ3v) is 4.61. The molecule has 0 saturated heterocycles. The molecule has 1 N–H and O–H groups in total. The summed E-state index contributed by atoms with van der Waals surface area (Å²) in [7, 11) is 1.82. The van der Waals surface area contributed by atoms with Crippen LogP contribution in [0.4, 0.5) is 5.69 Å². The number of amides is 1. The average Bonchev–Trinajstić information content (AvgIpc) is 3.18. The van der Waals surface area contributed by atoms with Gasteiger partial charge in [-0.25, -0.2) is 9.50 Å². The number of benzene rings is 1. The van der Waals surface area contributed by atoms with Gasteiger partial charge in [-0.3, -0.25) is 9.48 Å². The lowest BCUT2D eigenvalue weighted by Crippen LogP contribution is -2.14. The number of aryl methyl sites for hydroxylation is 3. The number of carbonyl (C=O) groups is 1. The molecule has 7 heteroatoms. The van der Waals surface area contributed by atoms with E-state index in [4.69, 9.17) is 4.98 Å². The monoisotopic (exact) mass is 348 g/mol. The van der Waals surface area contributed by atoms with Gasteiger partial charge in [0.1, 0.15) is 0 Å². The van der Waals surface area contributed by atoms with Crippen molar-refractivity contribution >= 4 is 28.1 Å². The number of hydrogen-bond donors (Lipinski definition) is 1. The molecule has 1 aromatic carbocycles. The fourth-order valence-corrected chi connectivity index (χ4v) is 3.29. The standard InChI is InChI=1S/C19H20N6O/c1-12-15(8-9-18(26)22-14-10-20-24(3)11-14)13(2)25-19(21-12)16-6-4-5-7-17(16)23-25/h4-7,10-11H,8-9H2,1-3H3,(H,22,26). The number of nitrogens with one attached hydrogen (secondary N) is 1. The molecule has 26 heavy (non-hydrogen) atoms. The van der Waals surface area contributed by atoms with Gasteiger partial charge in [-0.1, -0.05) is 12.1 Å². The first-order valence-electron chi connectivity index (χ1n) is 8.55. The molecule has 0 unspecified atom stereocenters. The lowest BCUT2D eigenvalue weighted by Gasteiger charge is -2.11. The van der Waals surface area contributed by atoms with E-state index in [1.54, 1.807) is 17.1 Å². The lowest BCUT2D eigenvalue weighted by atomic mass is 10.1. The first-order valence-corrected chi connectivity index (χ1v) is 8.55. The summed E-state index contributed by atoms with van der Waals surface area (Å²) >= 11 is 0. The molecule has 4 rings (SSSR count). The van der Waals surface area contributed by atoms with E-state index in [9.17, 15) is 4.79 Å². The first-order chi connectivity index (χ1) is 12.5. The van der Waals surface area contributed by atoms with Crippen LogP contribution in [0.2, 0.25) is 0 Å². The molecule has 0 saturated carbocycles. The number of anilines is 1. The van der Waals surface area contributed by atoms with E-state index < -0.39 is 0 Å². The topological polar surface area (TPSA) is 77.1 Å². The van der Waals surface area contributed by atoms with Crippen LogP contribution in [0.1, 0.15) is 23.4 Å². The van der Waals surface area contributed by atoms with Crippen LogP contribution in [-0.4, -0.2) is 30.3 Å². The molecule has 1 amide bonds. The summed E-state index contributed by atoms with van der Waals surface area (Å²) in [4.78, 5) is 17.0. The number of carbonyl (C=O) groups excluding carboxylic acids is 1. The molecule has 3 heterocycles. The van der Waals surface area contributed by atoms with Crippen molar-refractivity contribution in [1.82, 2.24) is 24.4 Å². The van der Waals surface area contributed by atoms with Gasteiger partial charge in [0.2, 0.25) is 5.91 Å². The molecule has 3 aromatic heterocycles. The maximum atomic E-state index is 12.2. The Kier molecular flexibility index (Phi) is 3.91. The van der Waals surface area contributed by atoms with Crippen molar-refractivity contribution in [1.29, 1.82) is 0 Å². The molecule has 7 nitrogen and oxygen atoms in total. The number of rotatable bonds is 4. The zero-order chi connectivity index (χ0) is 18.3. The predicted molar refractivity (Wildman–Crippen MR) is 100 cm³/mol. The summed E-state index contributed by atoms with van der Waals surface area (Å²) in [6, 6.07) is 7.98. The van der Waals surface area contributed by atoms with Crippen molar-refractivity contribution in [3.63, 3.8) is 0 Å². The van der Waals surface area contributed by atoms with Crippen molar-refractivity contribution in [3.05, 3.63) is 53.6 Å². The first kappa shape index (κ1) is 16.3. The van der Waals surface area contributed by atoms with Gasteiger partial charge < -0.3 is 5.32 Å². The Morgan fingerprint density at radius 3 is 2.81 bits per heavy atom. The Hall–Kier alpha value is -3.22. The van der Waals surface area contributed by atoms with Crippen LogP contribution in [0.5, 0.6) is 0 Å². The molecular weight excluding hydrogens is 328 g/mol. The predicted octanol–water partition coefficient (Wildman–Crippen LogP) is 2.80. The quantitative estimate of drug-likeness (QED) is 0.615. The minimum absolute atomic E-state index is 0.0393. The van der Waals surface area contributed by atoms with Gasteiger partial charge in [-0.05, 0) is 38.0 Å². The Morgan fingerprint density at radius 1 is 1.23 bits per heavy atom. The molecule has 0 atom stereocenters. The average molecular weight is 348 g/mol. The van der Waals surface area contributed by atoms with Gasteiger partial charge in [0.05, 0.1) is 17.4 Å². The van der Waals surface area contributed by atoms with E-state index in [1.807, 2.05) is 49.7 Å². The Bertz CT molecular complexity index is 1120. The molecule has 0 radical (unpaired) electrons. The highest BCUT2D eigenvalue weighted by atomic mass is 16.1. The lowest BCUT2D eigenvalue weighted by molar-refractivity contribution is -0.116. The molecule has 0 aliphatic heterocycles. The van der Waals surface area contributed by atoms with Crippen LogP contribution in [0.15, 0.2) is 36.7 Å². The Labute approximate surface area is 150 Å². The molecule has 0 aliphatic rings. The summed E-state index contributed by atoms with van der Waals surface area (Å²) in [5, 5.41) is 12.6. The van der Waals surface area contributed by atoms with E-state index in [-0.39, 0.29) is 5.91 Å². The van der Waals surface area contributed by atoms with E-state index in [2.05, 4.69) is 15.5 Å². The summed E-state index contributed by atoms with van der Waals surface area (Å²) in [5.41, 5.74) is 5.52. The second kappa shape index (κ2) is 6.25. The second-order valence-corrected chi connectivity index (χ2v) is 6.46. The zero-order valence-corrected chi connectivity index (χ0v) is 15.0. The number of nitrogens with zero attached hydrogens (tertiary/aromatic N) is 5. The molecule has 0 spiro atoms. The van der Waals surface area contributed by atoms with Crippen LogP contribution in [-0.2, 0) is 18.3 Å². The Balaban J connectivity index is 1.60. The number of hydrogen-bond acceptors (Lipinski definition) is 4. The van der Waals surface area contributed by atoms with Gasteiger partial charge in [0.25, 0.3) is 0 Å². The molecule has 0 bridgehead atoms. The minimum Gasteiger partial charge on any atom is -0.323 e. The van der Waals surface area contributed by atoms with E-state index in [0.29, 0.717) is 18.5 Å². The highest BCUT2D eigenvalue weighted by molar-refractivity contribution is 5.92. The largest absolute Gasteiger partial charge is 0.323 e. The summed E-state index contributed by atoms with van der Waals surface area (Å²) in [6.45, 7) is 4.02. The fourth-order valence-electron chi connectivity index (χ4n) is 3.29. The van der Waals surface area contributed by atoms with E-state index in [0.717, 1.165) is 33.5 Å². The number of fused-ring (bicyclic) bond motifs is 3. The van der Waals surface area contributed by atoms with Gasteiger partial charge in [0, 0.05) is 36.4 Å². The van der Waals surface area contributed by atoms with Gasteiger partial charge >= 0.3 is 0 Å². The third-order valence-electron chi connectivity index (χ3n) is 4.61. The van der Waals surface area contributed by atoms with Crippen molar-refractivity contribution in [2.24, 2.45) is 7.05 Å². The van der Waals surface area contributed by atoms with Crippen molar-refractivity contribution < 1.29 is 4.79 Å². The molecular formula is C19H20N6O. The molecule has 0 fully saturated rings. The fraction of sp³-hybridized carbons (Fsp3) is 0.263. The summed E-state index contributed by atoms with van der Waals surface area (Å²) in [6.07, 6.45) is 4.40. The van der Waals surface area contributed by atoms with Gasteiger partial charge in [0.15, 0.2) is 5.65 Å². The smallest absolute Gasteiger partial charge is 0.224 e.